The van der Waals surface area contributed by atoms with Crippen LogP contribution in [0.1, 0.15) is 32.1 Å². The second kappa shape index (κ2) is 5.85. The second-order valence-electron chi connectivity index (χ2n) is 5.99. The first kappa shape index (κ1) is 15.2. The average Bonchev–Trinajstić information content (AvgIpc) is 2.49. The fraction of sp³-hybridized carbons (Fsp3) is 0.643. The minimum atomic E-state index is -3.55. The van der Waals surface area contributed by atoms with Crippen LogP contribution in [0.2, 0.25) is 0 Å². The molecule has 1 aromatic rings. The van der Waals surface area contributed by atoms with E-state index < -0.39 is 10.0 Å². The number of sulfonamides is 1. The molecule has 2 aliphatic rings. The van der Waals surface area contributed by atoms with E-state index in [-0.39, 0.29) is 10.7 Å². The predicted octanol–water partition coefficient (Wildman–Crippen LogP) is 2.63. The van der Waals surface area contributed by atoms with Crippen LogP contribution in [0.15, 0.2) is 21.6 Å². The minimum Gasteiger partial charge on any atom is -0.383 e. The van der Waals surface area contributed by atoms with Gasteiger partial charge in [0.05, 0.1) is 0 Å². The van der Waals surface area contributed by atoms with Crippen LogP contribution in [-0.4, -0.2) is 30.8 Å². The number of hydrogen-bond acceptors (Lipinski definition) is 4. The molecule has 116 valence electrons. The van der Waals surface area contributed by atoms with Crippen molar-refractivity contribution >= 4 is 31.8 Å². The maximum Gasteiger partial charge on any atom is 0.246 e. The predicted molar refractivity (Wildman–Crippen MR) is 85.2 cm³/mol. The molecule has 1 aliphatic carbocycles. The Labute approximate surface area is 134 Å². The van der Waals surface area contributed by atoms with Crippen molar-refractivity contribution in [1.82, 2.24) is 9.29 Å². The van der Waals surface area contributed by atoms with Gasteiger partial charge in [0.15, 0.2) is 0 Å². The van der Waals surface area contributed by atoms with Gasteiger partial charge in [0, 0.05) is 23.8 Å². The average molecular weight is 374 g/mol. The summed E-state index contributed by atoms with van der Waals surface area (Å²) in [6.07, 6.45) is 7.38. The zero-order valence-electron chi connectivity index (χ0n) is 11.8. The molecule has 2 fully saturated rings. The largest absolute Gasteiger partial charge is 0.383 e. The summed E-state index contributed by atoms with van der Waals surface area (Å²) in [4.78, 5) is 4.06. The van der Waals surface area contributed by atoms with Crippen LogP contribution < -0.4 is 5.73 Å². The van der Waals surface area contributed by atoms with Crippen LogP contribution in [0.4, 0.5) is 5.82 Å². The lowest BCUT2D eigenvalue weighted by molar-refractivity contribution is 0.136. The lowest BCUT2D eigenvalue weighted by Crippen LogP contribution is -2.44. The molecule has 5 nitrogen and oxygen atoms in total. The number of halogens is 1. The fourth-order valence-corrected chi connectivity index (χ4v) is 5.65. The molecule has 1 aliphatic heterocycles. The number of piperidine rings is 1. The Morgan fingerprint density at radius 3 is 2.71 bits per heavy atom. The standard InChI is InChI=1S/C14H20BrN3O2S/c15-12-7-13(14(16)17-8-12)21(19,20)18-6-5-10-3-1-2-4-11(10)9-18/h7-8,10-11H,1-6,9H2,(H2,16,17). The van der Waals surface area contributed by atoms with E-state index in [1.807, 2.05) is 0 Å². The van der Waals surface area contributed by atoms with E-state index in [0.29, 0.717) is 29.4 Å². The molecule has 0 amide bonds. The molecule has 21 heavy (non-hydrogen) atoms. The summed E-state index contributed by atoms with van der Waals surface area (Å²) >= 11 is 3.27. The lowest BCUT2D eigenvalue weighted by atomic mass is 9.76. The molecule has 0 bridgehead atoms. The Morgan fingerprint density at radius 2 is 1.95 bits per heavy atom. The van der Waals surface area contributed by atoms with E-state index >= 15 is 0 Å². The number of anilines is 1. The van der Waals surface area contributed by atoms with Crippen molar-refractivity contribution in [3.05, 3.63) is 16.7 Å². The molecule has 2 heterocycles. The molecule has 2 N–H and O–H groups in total. The number of nitrogens with two attached hydrogens (primary N) is 1. The van der Waals surface area contributed by atoms with Crippen LogP contribution in [0, 0.1) is 11.8 Å². The van der Waals surface area contributed by atoms with E-state index in [4.69, 9.17) is 5.73 Å². The summed E-state index contributed by atoms with van der Waals surface area (Å²) in [7, 11) is -3.55. The molecular weight excluding hydrogens is 354 g/mol. The zero-order chi connectivity index (χ0) is 15.0. The Hall–Kier alpha value is -0.660. The van der Waals surface area contributed by atoms with Crippen LogP contribution in [0.25, 0.3) is 0 Å². The molecule has 0 spiro atoms. The summed E-state index contributed by atoms with van der Waals surface area (Å²) in [5, 5.41) is 0. The molecule has 1 aromatic heterocycles. The number of hydrogen-bond donors (Lipinski definition) is 1. The van der Waals surface area contributed by atoms with E-state index in [1.165, 1.54) is 25.5 Å². The molecule has 3 rings (SSSR count). The van der Waals surface area contributed by atoms with Gasteiger partial charge in [0.2, 0.25) is 10.0 Å². The van der Waals surface area contributed by atoms with Crippen molar-refractivity contribution in [3.63, 3.8) is 0 Å². The summed E-state index contributed by atoms with van der Waals surface area (Å²) in [6, 6.07) is 1.55. The zero-order valence-corrected chi connectivity index (χ0v) is 14.2. The van der Waals surface area contributed by atoms with Crippen molar-refractivity contribution in [2.24, 2.45) is 11.8 Å². The summed E-state index contributed by atoms with van der Waals surface area (Å²) in [5.41, 5.74) is 5.78. The first-order valence-corrected chi connectivity index (χ1v) is 9.63. The quantitative estimate of drug-likeness (QED) is 0.864. The van der Waals surface area contributed by atoms with Crippen LogP contribution in [-0.2, 0) is 10.0 Å². The highest BCUT2D eigenvalue weighted by molar-refractivity contribution is 9.10. The second-order valence-corrected chi connectivity index (χ2v) is 8.82. The van der Waals surface area contributed by atoms with Gasteiger partial charge in [-0.3, -0.25) is 0 Å². The van der Waals surface area contributed by atoms with E-state index in [2.05, 4.69) is 20.9 Å². The molecule has 2 atom stereocenters. The number of fused-ring (bicyclic) bond motifs is 1. The van der Waals surface area contributed by atoms with Gasteiger partial charge in [-0.2, -0.15) is 4.31 Å². The number of nitrogen functional groups attached to an aromatic ring is 1. The van der Waals surface area contributed by atoms with Gasteiger partial charge in [-0.05, 0) is 46.7 Å². The highest BCUT2D eigenvalue weighted by atomic mass is 79.9. The smallest absolute Gasteiger partial charge is 0.246 e. The Bertz CT molecular complexity index is 635. The number of pyridine rings is 1. The number of rotatable bonds is 2. The van der Waals surface area contributed by atoms with Crippen molar-refractivity contribution in [3.8, 4) is 0 Å². The third-order valence-electron chi connectivity index (χ3n) is 4.72. The number of nitrogens with zero attached hydrogens (tertiary/aromatic N) is 2. The van der Waals surface area contributed by atoms with Crippen molar-refractivity contribution in [1.29, 1.82) is 0 Å². The van der Waals surface area contributed by atoms with Gasteiger partial charge in [-0.25, -0.2) is 13.4 Å². The monoisotopic (exact) mass is 373 g/mol. The van der Waals surface area contributed by atoms with Gasteiger partial charge >= 0.3 is 0 Å². The van der Waals surface area contributed by atoms with Crippen LogP contribution in [0.5, 0.6) is 0 Å². The van der Waals surface area contributed by atoms with Crippen molar-refractivity contribution in [2.45, 2.75) is 37.0 Å². The van der Waals surface area contributed by atoms with E-state index in [0.717, 1.165) is 12.8 Å². The van der Waals surface area contributed by atoms with Crippen molar-refractivity contribution < 1.29 is 8.42 Å². The Morgan fingerprint density at radius 1 is 1.24 bits per heavy atom. The molecular formula is C14H20BrN3O2S. The van der Waals surface area contributed by atoms with Gasteiger partial charge in [0.25, 0.3) is 0 Å². The Balaban J connectivity index is 1.86. The van der Waals surface area contributed by atoms with Gasteiger partial charge in [-0.15, -0.1) is 0 Å². The molecule has 0 aromatic carbocycles. The molecule has 7 heteroatoms. The van der Waals surface area contributed by atoms with Gasteiger partial charge in [0.1, 0.15) is 10.7 Å². The van der Waals surface area contributed by atoms with Crippen LogP contribution in [0.3, 0.4) is 0 Å². The van der Waals surface area contributed by atoms with Crippen molar-refractivity contribution in [2.75, 3.05) is 18.8 Å². The first-order chi connectivity index (χ1) is 9.98. The normalized spacial score (nSPS) is 27.3. The first-order valence-electron chi connectivity index (χ1n) is 7.39. The van der Waals surface area contributed by atoms with Crippen LogP contribution >= 0.6 is 15.9 Å². The lowest BCUT2D eigenvalue weighted by Gasteiger charge is -2.40. The third-order valence-corrected chi connectivity index (χ3v) is 7.05. The highest BCUT2D eigenvalue weighted by Crippen LogP contribution is 2.38. The van der Waals surface area contributed by atoms with Gasteiger partial charge < -0.3 is 5.73 Å². The summed E-state index contributed by atoms with van der Waals surface area (Å²) in [6.45, 7) is 1.22. The summed E-state index contributed by atoms with van der Waals surface area (Å²) < 4.78 is 27.9. The molecule has 2 unspecified atom stereocenters. The molecule has 0 radical (unpaired) electrons. The topological polar surface area (TPSA) is 76.3 Å². The maximum absolute atomic E-state index is 12.8. The van der Waals surface area contributed by atoms with Gasteiger partial charge in [-0.1, -0.05) is 19.3 Å². The Kier molecular flexibility index (Phi) is 4.25. The highest BCUT2D eigenvalue weighted by Gasteiger charge is 2.37. The molecule has 1 saturated heterocycles. The fourth-order valence-electron chi connectivity index (χ4n) is 3.56. The minimum absolute atomic E-state index is 0.0731. The molecule has 1 saturated carbocycles. The maximum atomic E-state index is 12.8. The van der Waals surface area contributed by atoms with E-state index in [1.54, 1.807) is 10.4 Å². The number of aromatic nitrogens is 1. The SMILES string of the molecule is Nc1ncc(Br)cc1S(=O)(=O)N1CCC2CCCCC2C1. The third kappa shape index (κ3) is 2.96. The van der Waals surface area contributed by atoms with E-state index in [9.17, 15) is 8.42 Å². The summed E-state index contributed by atoms with van der Waals surface area (Å²) in [5.74, 6) is 1.27.